The number of piperazine rings is 1. The van der Waals surface area contributed by atoms with E-state index in [1.165, 1.54) is 5.56 Å². The van der Waals surface area contributed by atoms with Gasteiger partial charge in [0, 0.05) is 30.7 Å². The van der Waals surface area contributed by atoms with Crippen LogP contribution >= 0.6 is 11.6 Å². The van der Waals surface area contributed by atoms with Crippen molar-refractivity contribution in [2.24, 2.45) is 0 Å². The second-order valence-corrected chi connectivity index (χ2v) is 5.11. The van der Waals surface area contributed by atoms with Crippen LogP contribution in [0, 0.1) is 6.92 Å². The van der Waals surface area contributed by atoms with Gasteiger partial charge in [-0.25, -0.2) is 0 Å². The Balaban J connectivity index is 2.00. The molecule has 0 aliphatic carbocycles. The maximum absolute atomic E-state index is 6.13. The van der Waals surface area contributed by atoms with E-state index < -0.39 is 0 Å². The number of benzene rings is 1. The molecule has 3 heteroatoms. The number of aryl methyl sites for hydroxylation is 1. The molecule has 0 radical (unpaired) electrons. The Labute approximate surface area is 103 Å². The molecule has 0 amide bonds. The molecule has 1 unspecified atom stereocenters. The number of likely N-dealkylation sites (N-methyl/N-ethyl adjacent to an activating group) is 1. The summed E-state index contributed by atoms with van der Waals surface area (Å²) >= 11 is 6.13. The lowest BCUT2D eigenvalue weighted by Gasteiger charge is -2.31. The molecule has 1 aromatic rings. The van der Waals surface area contributed by atoms with Gasteiger partial charge in [0.05, 0.1) is 0 Å². The number of hydrogen-bond acceptors (Lipinski definition) is 2. The van der Waals surface area contributed by atoms with Gasteiger partial charge in [0.15, 0.2) is 0 Å². The fourth-order valence-electron chi connectivity index (χ4n) is 2.18. The first-order chi connectivity index (χ1) is 7.65. The number of nitrogens with zero attached hydrogens (tertiary/aromatic N) is 1. The largest absolute Gasteiger partial charge is 0.311 e. The number of nitrogens with one attached hydrogen (secondary N) is 1. The lowest BCUT2D eigenvalue weighted by atomic mass is 10.0. The van der Waals surface area contributed by atoms with E-state index in [9.17, 15) is 0 Å². The van der Waals surface area contributed by atoms with E-state index in [-0.39, 0.29) is 0 Å². The molecule has 1 heterocycles. The van der Waals surface area contributed by atoms with Gasteiger partial charge in [0.2, 0.25) is 0 Å². The lowest BCUT2D eigenvalue weighted by Crippen LogP contribution is -2.49. The molecule has 1 aromatic carbocycles. The van der Waals surface area contributed by atoms with E-state index in [1.54, 1.807) is 0 Å². The van der Waals surface area contributed by atoms with E-state index in [1.807, 2.05) is 6.92 Å². The molecule has 0 aromatic heterocycles. The Morgan fingerprint density at radius 3 is 3.00 bits per heavy atom. The number of rotatable bonds is 2. The smallest absolute Gasteiger partial charge is 0.0437 e. The number of hydrogen-bond donors (Lipinski definition) is 1. The third-order valence-electron chi connectivity index (χ3n) is 3.18. The first kappa shape index (κ1) is 11.9. The molecule has 1 atom stereocenters. The minimum absolute atomic E-state index is 0.553. The van der Waals surface area contributed by atoms with Gasteiger partial charge in [0.25, 0.3) is 0 Å². The van der Waals surface area contributed by atoms with Crippen molar-refractivity contribution in [3.8, 4) is 0 Å². The Kier molecular flexibility index (Phi) is 3.85. The van der Waals surface area contributed by atoms with Crippen LogP contribution in [0.2, 0.25) is 5.02 Å². The maximum atomic E-state index is 6.13. The van der Waals surface area contributed by atoms with Crippen molar-refractivity contribution in [2.45, 2.75) is 19.4 Å². The standard InChI is InChI=1S/C13H19ClN2/c1-10-3-4-11(8-13(10)14)7-12-9-16(2)6-5-15-12/h3-4,8,12,15H,5-7,9H2,1-2H3. The fourth-order valence-corrected chi connectivity index (χ4v) is 2.38. The van der Waals surface area contributed by atoms with Crippen molar-refractivity contribution in [2.75, 3.05) is 26.7 Å². The van der Waals surface area contributed by atoms with Crippen LogP contribution in [0.25, 0.3) is 0 Å². The van der Waals surface area contributed by atoms with E-state index in [0.29, 0.717) is 6.04 Å². The molecule has 0 saturated carbocycles. The molecule has 1 saturated heterocycles. The third kappa shape index (κ3) is 2.97. The van der Waals surface area contributed by atoms with Crippen molar-refractivity contribution >= 4 is 11.6 Å². The fraction of sp³-hybridized carbons (Fsp3) is 0.538. The zero-order valence-corrected chi connectivity index (χ0v) is 10.7. The van der Waals surface area contributed by atoms with E-state index in [0.717, 1.165) is 36.6 Å². The zero-order chi connectivity index (χ0) is 11.5. The van der Waals surface area contributed by atoms with Crippen molar-refractivity contribution in [1.82, 2.24) is 10.2 Å². The van der Waals surface area contributed by atoms with Gasteiger partial charge in [0.1, 0.15) is 0 Å². The Morgan fingerprint density at radius 2 is 2.31 bits per heavy atom. The van der Waals surface area contributed by atoms with Crippen molar-refractivity contribution in [3.05, 3.63) is 34.3 Å². The van der Waals surface area contributed by atoms with Crippen LogP contribution in [-0.2, 0) is 6.42 Å². The Hall–Kier alpha value is -0.570. The van der Waals surface area contributed by atoms with Gasteiger partial charge < -0.3 is 10.2 Å². The molecule has 1 N–H and O–H groups in total. The Morgan fingerprint density at radius 1 is 1.50 bits per heavy atom. The second-order valence-electron chi connectivity index (χ2n) is 4.70. The molecule has 1 fully saturated rings. The van der Waals surface area contributed by atoms with Crippen molar-refractivity contribution in [1.29, 1.82) is 0 Å². The number of halogens is 1. The SMILES string of the molecule is Cc1ccc(CC2CN(C)CCN2)cc1Cl. The third-order valence-corrected chi connectivity index (χ3v) is 3.58. The molecular formula is C13H19ClN2. The molecule has 88 valence electrons. The average Bonchev–Trinajstić information content (AvgIpc) is 2.24. The predicted octanol–water partition coefficient (Wildman–Crippen LogP) is 2.09. The van der Waals surface area contributed by atoms with Crippen LogP contribution in [0.15, 0.2) is 18.2 Å². The van der Waals surface area contributed by atoms with Gasteiger partial charge in [-0.1, -0.05) is 23.7 Å². The highest BCUT2D eigenvalue weighted by molar-refractivity contribution is 6.31. The maximum Gasteiger partial charge on any atom is 0.0437 e. The quantitative estimate of drug-likeness (QED) is 0.849. The summed E-state index contributed by atoms with van der Waals surface area (Å²) in [5.41, 5.74) is 2.47. The van der Waals surface area contributed by atoms with E-state index in [4.69, 9.17) is 11.6 Å². The molecule has 1 aliphatic rings. The summed E-state index contributed by atoms with van der Waals surface area (Å²) in [5, 5.41) is 4.42. The molecule has 16 heavy (non-hydrogen) atoms. The first-order valence-corrected chi connectivity index (χ1v) is 6.20. The van der Waals surface area contributed by atoms with Crippen molar-refractivity contribution in [3.63, 3.8) is 0 Å². The monoisotopic (exact) mass is 238 g/mol. The average molecular weight is 239 g/mol. The molecule has 2 rings (SSSR count). The van der Waals surface area contributed by atoms with Crippen LogP contribution in [0.5, 0.6) is 0 Å². The van der Waals surface area contributed by atoms with Gasteiger partial charge in [-0.3, -0.25) is 0 Å². The molecule has 2 nitrogen and oxygen atoms in total. The Bertz CT molecular complexity index is 365. The summed E-state index contributed by atoms with van der Waals surface area (Å²) in [6.45, 7) is 5.39. The van der Waals surface area contributed by atoms with E-state index >= 15 is 0 Å². The summed E-state index contributed by atoms with van der Waals surface area (Å²) in [5.74, 6) is 0. The topological polar surface area (TPSA) is 15.3 Å². The van der Waals surface area contributed by atoms with Gasteiger partial charge in [-0.2, -0.15) is 0 Å². The van der Waals surface area contributed by atoms with Crippen LogP contribution < -0.4 is 5.32 Å². The molecule has 0 spiro atoms. The molecule has 0 bridgehead atoms. The zero-order valence-electron chi connectivity index (χ0n) is 9.96. The van der Waals surface area contributed by atoms with Crippen LogP contribution in [0.4, 0.5) is 0 Å². The predicted molar refractivity (Wildman–Crippen MR) is 69.2 cm³/mol. The summed E-state index contributed by atoms with van der Waals surface area (Å²) in [7, 11) is 2.18. The molecule has 1 aliphatic heterocycles. The summed E-state index contributed by atoms with van der Waals surface area (Å²) < 4.78 is 0. The minimum atomic E-state index is 0.553. The van der Waals surface area contributed by atoms with E-state index in [2.05, 4.69) is 35.5 Å². The summed E-state index contributed by atoms with van der Waals surface area (Å²) in [4.78, 5) is 2.37. The second kappa shape index (κ2) is 5.17. The summed E-state index contributed by atoms with van der Waals surface area (Å²) in [6.07, 6.45) is 1.06. The van der Waals surface area contributed by atoms with Gasteiger partial charge >= 0.3 is 0 Å². The van der Waals surface area contributed by atoms with Crippen LogP contribution in [0.1, 0.15) is 11.1 Å². The van der Waals surface area contributed by atoms with Gasteiger partial charge in [-0.15, -0.1) is 0 Å². The highest BCUT2D eigenvalue weighted by Crippen LogP contribution is 2.18. The summed E-state index contributed by atoms with van der Waals surface area (Å²) in [6, 6.07) is 6.92. The van der Waals surface area contributed by atoms with Gasteiger partial charge in [-0.05, 0) is 37.6 Å². The van der Waals surface area contributed by atoms with Crippen LogP contribution in [0.3, 0.4) is 0 Å². The first-order valence-electron chi connectivity index (χ1n) is 5.82. The molecular weight excluding hydrogens is 220 g/mol. The highest BCUT2D eigenvalue weighted by Gasteiger charge is 2.16. The lowest BCUT2D eigenvalue weighted by molar-refractivity contribution is 0.238. The normalized spacial score (nSPS) is 22.3. The van der Waals surface area contributed by atoms with Crippen LogP contribution in [-0.4, -0.2) is 37.6 Å². The van der Waals surface area contributed by atoms with Crippen molar-refractivity contribution < 1.29 is 0 Å². The highest BCUT2D eigenvalue weighted by atomic mass is 35.5. The minimum Gasteiger partial charge on any atom is -0.311 e.